The van der Waals surface area contributed by atoms with Gasteiger partial charge in [-0.05, 0) is 12.1 Å². The van der Waals surface area contributed by atoms with Crippen LogP contribution in [0.1, 0.15) is 0 Å². The van der Waals surface area contributed by atoms with E-state index < -0.39 is 0 Å². The van der Waals surface area contributed by atoms with E-state index in [1.165, 1.54) is 0 Å². The highest BCUT2D eigenvalue weighted by atomic mass is 15.3. The van der Waals surface area contributed by atoms with E-state index in [-0.39, 0.29) is 0 Å². The number of anilines is 1. The van der Waals surface area contributed by atoms with Gasteiger partial charge in [0.2, 0.25) is 0 Å². The van der Waals surface area contributed by atoms with Gasteiger partial charge in [-0.25, -0.2) is 9.50 Å². The molecule has 0 amide bonds. The number of rotatable bonds is 1. The Morgan fingerprint density at radius 1 is 1.50 bits per heavy atom. The summed E-state index contributed by atoms with van der Waals surface area (Å²) in [7, 11) is 0. The maximum Gasteiger partial charge on any atom is 0.182 e. The minimum absolute atomic E-state index is 0.517. The molecule has 12 heavy (non-hydrogen) atoms. The second kappa shape index (κ2) is 2.51. The highest BCUT2D eigenvalue weighted by Crippen LogP contribution is 2.03. The van der Waals surface area contributed by atoms with Gasteiger partial charge in [0, 0.05) is 12.4 Å². The van der Waals surface area contributed by atoms with Crippen LogP contribution in [0.4, 0.5) is 5.82 Å². The van der Waals surface area contributed by atoms with Gasteiger partial charge in [-0.2, -0.15) is 5.26 Å². The van der Waals surface area contributed by atoms with Gasteiger partial charge in [0.1, 0.15) is 0 Å². The monoisotopic (exact) mass is 159 g/mol. The molecule has 0 aliphatic carbocycles. The van der Waals surface area contributed by atoms with Crippen molar-refractivity contribution >= 4 is 11.5 Å². The van der Waals surface area contributed by atoms with Gasteiger partial charge in [-0.15, -0.1) is 5.10 Å². The fraction of sp³-hybridized carbons (Fsp3) is 0. The van der Waals surface area contributed by atoms with Crippen LogP contribution in [-0.4, -0.2) is 14.6 Å². The molecule has 0 aliphatic heterocycles. The van der Waals surface area contributed by atoms with Crippen molar-refractivity contribution in [3.8, 4) is 6.19 Å². The molecule has 58 valence electrons. The van der Waals surface area contributed by atoms with Crippen LogP contribution in [0.3, 0.4) is 0 Å². The van der Waals surface area contributed by atoms with Gasteiger partial charge in [0.25, 0.3) is 0 Å². The number of imidazole rings is 1. The van der Waals surface area contributed by atoms with Gasteiger partial charge >= 0.3 is 0 Å². The van der Waals surface area contributed by atoms with Crippen molar-refractivity contribution in [2.45, 2.75) is 0 Å². The molecule has 5 heteroatoms. The predicted molar refractivity (Wildman–Crippen MR) is 42.2 cm³/mol. The Balaban J connectivity index is 2.54. The van der Waals surface area contributed by atoms with Crippen LogP contribution in [0, 0.1) is 11.5 Å². The third-order valence-corrected chi connectivity index (χ3v) is 1.44. The molecule has 0 atom stereocenters. The summed E-state index contributed by atoms with van der Waals surface area (Å²) in [5.41, 5.74) is 0.762. The number of nitriles is 1. The van der Waals surface area contributed by atoms with Crippen LogP contribution in [0.5, 0.6) is 0 Å². The molecule has 2 rings (SSSR count). The lowest BCUT2D eigenvalue weighted by atomic mass is 10.5. The Bertz CT molecular complexity index is 438. The summed E-state index contributed by atoms with van der Waals surface area (Å²) < 4.78 is 1.60. The first kappa shape index (κ1) is 6.61. The van der Waals surface area contributed by atoms with E-state index in [0.29, 0.717) is 5.82 Å². The molecule has 2 heterocycles. The zero-order valence-corrected chi connectivity index (χ0v) is 6.10. The van der Waals surface area contributed by atoms with E-state index in [0.717, 1.165) is 5.65 Å². The number of aromatic nitrogens is 3. The fourth-order valence-electron chi connectivity index (χ4n) is 0.939. The maximum absolute atomic E-state index is 8.32. The quantitative estimate of drug-likeness (QED) is 0.489. The van der Waals surface area contributed by atoms with Crippen molar-refractivity contribution < 1.29 is 0 Å². The van der Waals surface area contributed by atoms with Crippen LogP contribution in [0.25, 0.3) is 5.65 Å². The molecule has 0 saturated heterocycles. The van der Waals surface area contributed by atoms with Gasteiger partial charge in [0.05, 0.1) is 0 Å². The SMILES string of the molecule is N#CNc1ccc2nccn2n1. The van der Waals surface area contributed by atoms with Gasteiger partial charge < -0.3 is 0 Å². The lowest BCUT2D eigenvalue weighted by Gasteiger charge is -1.95. The summed E-state index contributed by atoms with van der Waals surface area (Å²) in [4.78, 5) is 4.01. The molecule has 2 aromatic heterocycles. The third kappa shape index (κ3) is 0.953. The molecule has 0 radical (unpaired) electrons. The molecule has 0 bridgehead atoms. The lowest BCUT2D eigenvalue weighted by molar-refractivity contribution is 0.942. The molecule has 2 aromatic rings. The van der Waals surface area contributed by atoms with E-state index in [9.17, 15) is 0 Å². The Morgan fingerprint density at radius 2 is 2.42 bits per heavy atom. The van der Waals surface area contributed by atoms with Crippen molar-refractivity contribution in [2.75, 3.05) is 5.32 Å². The third-order valence-electron chi connectivity index (χ3n) is 1.44. The highest BCUT2D eigenvalue weighted by molar-refractivity contribution is 5.45. The maximum atomic E-state index is 8.32. The summed E-state index contributed by atoms with van der Waals surface area (Å²) in [6.07, 6.45) is 5.17. The molecule has 0 unspecified atom stereocenters. The largest absolute Gasteiger partial charge is 0.275 e. The zero-order valence-electron chi connectivity index (χ0n) is 6.10. The standard InChI is InChI=1S/C7H5N5/c8-5-10-6-1-2-7-9-3-4-12(7)11-6/h1-4H,(H,10,11). The molecule has 0 spiro atoms. The summed E-state index contributed by atoms with van der Waals surface area (Å²) in [6.45, 7) is 0. The average molecular weight is 159 g/mol. The average Bonchev–Trinajstić information content (AvgIpc) is 2.51. The number of hydrogen-bond acceptors (Lipinski definition) is 4. The summed E-state index contributed by atoms with van der Waals surface area (Å²) in [5, 5.41) is 14.8. The van der Waals surface area contributed by atoms with E-state index in [2.05, 4.69) is 15.4 Å². The zero-order chi connectivity index (χ0) is 8.39. The number of fused-ring (bicyclic) bond motifs is 1. The van der Waals surface area contributed by atoms with E-state index in [4.69, 9.17) is 5.26 Å². The van der Waals surface area contributed by atoms with Crippen molar-refractivity contribution in [2.24, 2.45) is 0 Å². The van der Waals surface area contributed by atoms with Gasteiger partial charge in [-0.1, -0.05) is 0 Å². The van der Waals surface area contributed by atoms with E-state index in [1.807, 2.05) is 0 Å². The van der Waals surface area contributed by atoms with Crippen molar-refractivity contribution in [1.82, 2.24) is 14.6 Å². The molecular formula is C7H5N5. The van der Waals surface area contributed by atoms with Gasteiger partial charge in [-0.3, -0.25) is 5.32 Å². The minimum Gasteiger partial charge on any atom is -0.275 e. The Morgan fingerprint density at radius 3 is 3.25 bits per heavy atom. The first-order valence-corrected chi connectivity index (χ1v) is 3.35. The van der Waals surface area contributed by atoms with E-state index >= 15 is 0 Å². The van der Waals surface area contributed by atoms with Crippen LogP contribution in [-0.2, 0) is 0 Å². The Labute approximate surface area is 68.3 Å². The fourth-order valence-corrected chi connectivity index (χ4v) is 0.939. The molecule has 5 nitrogen and oxygen atoms in total. The second-order valence-electron chi connectivity index (χ2n) is 2.19. The molecule has 0 aromatic carbocycles. The van der Waals surface area contributed by atoms with Crippen LogP contribution < -0.4 is 5.32 Å². The highest BCUT2D eigenvalue weighted by Gasteiger charge is 1.95. The molecule has 0 aliphatic rings. The van der Waals surface area contributed by atoms with Crippen molar-refractivity contribution in [3.63, 3.8) is 0 Å². The normalized spacial score (nSPS) is 9.58. The van der Waals surface area contributed by atoms with Crippen LogP contribution >= 0.6 is 0 Å². The summed E-state index contributed by atoms with van der Waals surface area (Å²) in [5.74, 6) is 0.517. The first-order valence-electron chi connectivity index (χ1n) is 3.35. The number of nitrogens with one attached hydrogen (secondary N) is 1. The van der Waals surface area contributed by atoms with Crippen molar-refractivity contribution in [1.29, 1.82) is 5.26 Å². The smallest absolute Gasteiger partial charge is 0.182 e. The van der Waals surface area contributed by atoms with Gasteiger partial charge in [0.15, 0.2) is 17.7 Å². The predicted octanol–water partition coefficient (Wildman–Crippen LogP) is 0.622. The van der Waals surface area contributed by atoms with Crippen LogP contribution in [0.2, 0.25) is 0 Å². The first-order chi connectivity index (χ1) is 5.90. The molecule has 0 saturated carbocycles. The lowest BCUT2D eigenvalue weighted by Crippen LogP contribution is -1.96. The van der Waals surface area contributed by atoms with E-state index in [1.54, 1.807) is 35.2 Å². The molecule has 0 fully saturated rings. The Kier molecular flexibility index (Phi) is 1.38. The second-order valence-corrected chi connectivity index (χ2v) is 2.19. The molecular weight excluding hydrogens is 154 g/mol. The number of nitrogens with zero attached hydrogens (tertiary/aromatic N) is 4. The summed E-state index contributed by atoms with van der Waals surface area (Å²) >= 11 is 0. The topological polar surface area (TPSA) is 66.0 Å². The summed E-state index contributed by atoms with van der Waals surface area (Å²) in [6, 6.07) is 3.48. The van der Waals surface area contributed by atoms with Crippen LogP contribution in [0.15, 0.2) is 24.5 Å². The Hall–Kier alpha value is -2.09. The van der Waals surface area contributed by atoms with Crippen molar-refractivity contribution in [3.05, 3.63) is 24.5 Å². The molecule has 1 N–H and O–H groups in total. The minimum atomic E-state index is 0.517. The number of hydrogen-bond donors (Lipinski definition) is 1.